The maximum atomic E-state index is 10.1. The van der Waals surface area contributed by atoms with Crippen LogP contribution in [0.3, 0.4) is 0 Å². The molecule has 0 amide bonds. The van der Waals surface area contributed by atoms with Gasteiger partial charge in [0.05, 0.1) is 12.5 Å². The Labute approximate surface area is 138 Å². The van der Waals surface area contributed by atoms with Gasteiger partial charge in [-0.1, -0.05) is 69.7 Å². The molecule has 0 heterocycles. The van der Waals surface area contributed by atoms with E-state index in [4.69, 9.17) is 0 Å². The summed E-state index contributed by atoms with van der Waals surface area (Å²) in [6.07, 6.45) is 6.30. The second-order valence-electron chi connectivity index (χ2n) is 3.82. The van der Waals surface area contributed by atoms with E-state index in [1.54, 1.807) is 6.92 Å². The van der Waals surface area contributed by atoms with E-state index in [2.05, 4.69) is 35.8 Å². The molecule has 0 bridgehead atoms. The van der Waals surface area contributed by atoms with Crippen LogP contribution in [0, 0.1) is 0 Å². The third-order valence-corrected chi connectivity index (χ3v) is 2.19. The first-order valence-electron chi connectivity index (χ1n) is 6.89. The van der Waals surface area contributed by atoms with Gasteiger partial charge in [-0.15, -0.1) is 0 Å². The van der Waals surface area contributed by atoms with Crippen molar-refractivity contribution in [3.8, 4) is 0 Å². The molecule has 0 aliphatic heterocycles. The minimum atomic E-state index is -0.329. The Morgan fingerprint density at radius 2 is 1.39 bits per heavy atom. The zero-order valence-corrected chi connectivity index (χ0v) is 13.8. The fourth-order valence-electron chi connectivity index (χ4n) is 1.18. The molecule has 4 heteroatoms. The Balaban J connectivity index is 0. The molecule has 0 saturated carbocycles. The van der Waals surface area contributed by atoms with Gasteiger partial charge in [0.25, 0.3) is 0 Å². The van der Waals surface area contributed by atoms with Crippen LogP contribution in [0.2, 0.25) is 0 Å². The molecule has 0 saturated heterocycles. The van der Waals surface area contributed by atoms with Gasteiger partial charge in [-0.25, -0.2) is 0 Å². The van der Waals surface area contributed by atoms with Crippen molar-refractivity contribution >= 4 is 24.1 Å². The first-order valence-corrected chi connectivity index (χ1v) is 6.89. The fraction of sp³-hybridized carbons (Fsp3) is 0.158. The lowest BCUT2D eigenvalue weighted by Gasteiger charge is -1.96. The molecule has 1 rings (SSSR count). The molecule has 0 aliphatic carbocycles. The number of benzene rings is 1. The van der Waals surface area contributed by atoms with E-state index in [1.807, 2.05) is 36.4 Å². The lowest BCUT2D eigenvalue weighted by Crippen LogP contribution is -1.94. The smallest absolute Gasteiger partial charge is 0.310 e. The van der Waals surface area contributed by atoms with Crippen molar-refractivity contribution < 1.29 is 19.1 Å². The van der Waals surface area contributed by atoms with Gasteiger partial charge in [-0.2, -0.15) is 0 Å². The number of hydrogen-bond acceptors (Lipinski definition) is 4. The lowest BCUT2D eigenvalue weighted by molar-refractivity contribution is -0.137. The Kier molecular flexibility index (Phi) is 15.1. The van der Waals surface area contributed by atoms with Crippen LogP contribution in [0.5, 0.6) is 0 Å². The monoisotopic (exact) mass is 316 g/mol. The normalized spacial score (nSPS) is 7.91. The molecule has 1 aromatic carbocycles. The molecule has 0 N–H and O–H groups in total. The molecule has 0 radical (unpaired) electrons. The highest BCUT2D eigenvalue weighted by atomic mass is 16.5. The Hall–Kier alpha value is -2.88. The minimum absolute atomic E-state index is 0.241. The highest BCUT2D eigenvalue weighted by Gasteiger charge is 1.90. The molecule has 0 aliphatic rings. The first kappa shape index (κ1) is 22.4. The average Bonchev–Trinajstić information content (AvgIpc) is 2.56. The van der Waals surface area contributed by atoms with Gasteiger partial charge in [0, 0.05) is 13.3 Å². The summed E-state index contributed by atoms with van der Waals surface area (Å²) >= 11 is 0. The second-order valence-corrected chi connectivity index (χ2v) is 3.82. The van der Waals surface area contributed by atoms with Crippen LogP contribution in [0.1, 0.15) is 31.4 Å². The Morgan fingerprint density at radius 1 is 0.957 bits per heavy atom. The summed E-state index contributed by atoms with van der Waals surface area (Å²) in [4.78, 5) is 19.9. The number of carbonyl (C=O) groups excluding carboxylic acids is 2. The number of hydrogen-bond donors (Lipinski definition) is 0. The van der Waals surface area contributed by atoms with Crippen LogP contribution < -0.4 is 0 Å². The van der Waals surface area contributed by atoms with Crippen molar-refractivity contribution in [2.24, 2.45) is 0 Å². The van der Waals surface area contributed by atoms with Crippen molar-refractivity contribution in [3.05, 3.63) is 74.2 Å². The van der Waals surface area contributed by atoms with Crippen molar-refractivity contribution in [1.29, 1.82) is 0 Å². The average molecular weight is 316 g/mol. The first-order chi connectivity index (χ1) is 11.0. The lowest BCUT2D eigenvalue weighted by atomic mass is 10.1. The molecular formula is C19H24O4. The van der Waals surface area contributed by atoms with E-state index >= 15 is 0 Å². The number of carbonyl (C=O) groups is 2. The minimum Gasteiger partial charge on any atom is -0.435 e. The van der Waals surface area contributed by atoms with Crippen LogP contribution in [-0.4, -0.2) is 11.9 Å². The third kappa shape index (κ3) is 13.8. The predicted molar refractivity (Wildman–Crippen MR) is 95.2 cm³/mol. The van der Waals surface area contributed by atoms with Crippen LogP contribution >= 0.6 is 0 Å². The van der Waals surface area contributed by atoms with E-state index in [-0.39, 0.29) is 11.9 Å². The number of rotatable bonds is 5. The highest BCUT2D eigenvalue weighted by Crippen LogP contribution is 2.10. The number of ether oxygens (including phenoxy) is 2. The zero-order valence-electron chi connectivity index (χ0n) is 13.8. The van der Waals surface area contributed by atoms with Crippen LogP contribution in [0.15, 0.2) is 63.1 Å². The maximum absolute atomic E-state index is 10.1. The van der Waals surface area contributed by atoms with Gasteiger partial charge < -0.3 is 9.47 Å². The van der Waals surface area contributed by atoms with E-state index in [0.717, 1.165) is 23.7 Å². The fourth-order valence-corrected chi connectivity index (χ4v) is 1.18. The number of esters is 2. The zero-order chi connectivity index (χ0) is 18.1. The van der Waals surface area contributed by atoms with Crippen LogP contribution in [0.25, 0.3) is 12.2 Å². The SMILES string of the molecule is C=COC(=O)CC.C=COC(C)=O.C=Cc1ccccc1C=C. The van der Waals surface area contributed by atoms with Gasteiger partial charge in [0.2, 0.25) is 0 Å². The standard InChI is InChI=1S/C10H10.C5H8O2.C4H6O2/c1-3-9-7-5-6-8-10(9)4-2;1-3-5(6)7-4-2;1-3-6-4(2)5/h3-8H,1-2H2;4H,2-3H2,1H3;3H,1H2,2H3. The summed E-state index contributed by atoms with van der Waals surface area (Å²) in [5.74, 6) is -0.569. The van der Waals surface area contributed by atoms with Gasteiger partial charge in [0.1, 0.15) is 0 Å². The maximum Gasteiger partial charge on any atom is 0.310 e. The van der Waals surface area contributed by atoms with E-state index in [0.29, 0.717) is 6.42 Å². The Bertz CT molecular complexity index is 503. The molecule has 0 aromatic heterocycles. The summed E-state index contributed by atoms with van der Waals surface area (Å²) in [5.41, 5.74) is 2.27. The largest absolute Gasteiger partial charge is 0.435 e. The Morgan fingerprint density at radius 3 is 1.57 bits per heavy atom. The topological polar surface area (TPSA) is 52.6 Å². The van der Waals surface area contributed by atoms with Crippen molar-refractivity contribution in [2.45, 2.75) is 20.3 Å². The molecule has 0 spiro atoms. The quantitative estimate of drug-likeness (QED) is 0.581. The molecule has 0 atom stereocenters. The van der Waals surface area contributed by atoms with Crippen molar-refractivity contribution in [2.75, 3.05) is 0 Å². The van der Waals surface area contributed by atoms with Gasteiger partial charge in [-0.3, -0.25) is 9.59 Å². The summed E-state index contributed by atoms with van der Waals surface area (Å²) in [6, 6.07) is 8.02. The molecule has 4 nitrogen and oxygen atoms in total. The molecule has 23 heavy (non-hydrogen) atoms. The van der Waals surface area contributed by atoms with Gasteiger partial charge in [0.15, 0.2) is 0 Å². The van der Waals surface area contributed by atoms with Gasteiger partial charge in [-0.05, 0) is 11.1 Å². The summed E-state index contributed by atoms with van der Waals surface area (Å²) in [6.45, 7) is 16.8. The molecule has 0 fully saturated rings. The van der Waals surface area contributed by atoms with Crippen molar-refractivity contribution in [3.63, 3.8) is 0 Å². The summed E-state index contributed by atoms with van der Waals surface area (Å²) in [7, 11) is 0. The molecular weight excluding hydrogens is 292 g/mol. The van der Waals surface area contributed by atoms with E-state index < -0.39 is 0 Å². The van der Waals surface area contributed by atoms with Crippen LogP contribution in [-0.2, 0) is 19.1 Å². The van der Waals surface area contributed by atoms with Gasteiger partial charge >= 0.3 is 11.9 Å². The van der Waals surface area contributed by atoms with Crippen LogP contribution in [0.4, 0.5) is 0 Å². The second kappa shape index (κ2) is 15.5. The molecule has 124 valence electrons. The van der Waals surface area contributed by atoms with Crippen molar-refractivity contribution in [1.82, 2.24) is 0 Å². The predicted octanol–water partition coefficient (Wildman–Crippen LogP) is 4.75. The van der Waals surface area contributed by atoms with E-state index in [9.17, 15) is 9.59 Å². The van der Waals surface area contributed by atoms with E-state index in [1.165, 1.54) is 6.92 Å². The highest BCUT2D eigenvalue weighted by molar-refractivity contribution is 5.69. The summed E-state index contributed by atoms with van der Waals surface area (Å²) < 4.78 is 8.48. The molecule has 1 aromatic rings. The summed E-state index contributed by atoms with van der Waals surface area (Å²) in [5, 5.41) is 0. The third-order valence-electron chi connectivity index (χ3n) is 2.19. The molecule has 0 unspecified atom stereocenters.